The van der Waals surface area contributed by atoms with Crippen molar-refractivity contribution in [2.75, 3.05) is 33.2 Å². The molecular formula is C10H22N2. The van der Waals surface area contributed by atoms with Crippen LogP contribution in [0.1, 0.15) is 20.8 Å². The van der Waals surface area contributed by atoms with E-state index in [0.29, 0.717) is 0 Å². The largest absolute Gasteiger partial charge is 0.301 e. The lowest BCUT2D eigenvalue weighted by Gasteiger charge is -2.44. The first-order valence-corrected chi connectivity index (χ1v) is 5.06. The fourth-order valence-corrected chi connectivity index (χ4v) is 1.80. The van der Waals surface area contributed by atoms with E-state index in [9.17, 15) is 0 Å². The van der Waals surface area contributed by atoms with Gasteiger partial charge in [0.1, 0.15) is 0 Å². The van der Waals surface area contributed by atoms with Crippen LogP contribution in [0, 0.1) is 5.92 Å². The van der Waals surface area contributed by atoms with Gasteiger partial charge in [-0.2, -0.15) is 0 Å². The van der Waals surface area contributed by atoms with Gasteiger partial charge in [-0.3, -0.25) is 0 Å². The van der Waals surface area contributed by atoms with Crippen LogP contribution in [0.25, 0.3) is 0 Å². The van der Waals surface area contributed by atoms with Crippen molar-refractivity contribution in [1.82, 2.24) is 9.80 Å². The summed E-state index contributed by atoms with van der Waals surface area (Å²) in [6, 6.07) is 0.826. The molecule has 72 valence electrons. The quantitative estimate of drug-likeness (QED) is 0.627. The molecule has 0 bridgehead atoms. The summed E-state index contributed by atoms with van der Waals surface area (Å²) in [6.45, 7) is 11.8. The Morgan fingerprint density at radius 2 is 2.00 bits per heavy atom. The number of likely N-dealkylation sites (tertiary alicyclic amines) is 1. The first-order chi connectivity index (χ1) is 5.63. The highest BCUT2D eigenvalue weighted by molar-refractivity contribution is 4.86. The molecule has 0 aliphatic carbocycles. The third kappa shape index (κ3) is 2.46. The summed E-state index contributed by atoms with van der Waals surface area (Å²) < 4.78 is 0. The molecule has 1 aliphatic heterocycles. The Bertz CT molecular complexity index is 128. The highest BCUT2D eigenvalue weighted by Crippen LogP contribution is 2.13. The van der Waals surface area contributed by atoms with Crippen LogP contribution in [0.3, 0.4) is 0 Å². The Kier molecular flexibility index (Phi) is 3.53. The highest BCUT2D eigenvalue weighted by Gasteiger charge is 2.28. The molecule has 0 unspecified atom stereocenters. The lowest BCUT2D eigenvalue weighted by molar-refractivity contribution is 0.0476. The summed E-state index contributed by atoms with van der Waals surface area (Å²) >= 11 is 0. The zero-order valence-electron chi connectivity index (χ0n) is 8.88. The van der Waals surface area contributed by atoms with Gasteiger partial charge in [0.25, 0.3) is 0 Å². The van der Waals surface area contributed by atoms with E-state index in [1.165, 1.54) is 26.2 Å². The van der Waals surface area contributed by atoms with E-state index in [-0.39, 0.29) is 0 Å². The minimum absolute atomic E-state index is 0.797. The van der Waals surface area contributed by atoms with E-state index in [2.05, 4.69) is 37.6 Å². The van der Waals surface area contributed by atoms with Crippen molar-refractivity contribution in [3.05, 3.63) is 0 Å². The van der Waals surface area contributed by atoms with Crippen molar-refractivity contribution in [1.29, 1.82) is 0 Å². The van der Waals surface area contributed by atoms with Gasteiger partial charge in [0.15, 0.2) is 0 Å². The highest BCUT2D eigenvalue weighted by atomic mass is 15.3. The molecule has 1 fully saturated rings. The molecule has 0 spiro atoms. The van der Waals surface area contributed by atoms with Crippen LogP contribution in [-0.4, -0.2) is 49.1 Å². The van der Waals surface area contributed by atoms with Gasteiger partial charge in [0.05, 0.1) is 0 Å². The van der Waals surface area contributed by atoms with Crippen LogP contribution in [0.4, 0.5) is 0 Å². The summed E-state index contributed by atoms with van der Waals surface area (Å²) in [5.41, 5.74) is 0. The van der Waals surface area contributed by atoms with Gasteiger partial charge in [0, 0.05) is 25.7 Å². The maximum absolute atomic E-state index is 2.50. The Morgan fingerprint density at radius 1 is 1.42 bits per heavy atom. The van der Waals surface area contributed by atoms with E-state index < -0.39 is 0 Å². The zero-order chi connectivity index (χ0) is 9.14. The standard InChI is InChI=1S/C10H22N2/c1-5-12-7-10(8-12)11(4)6-9(2)3/h9-10H,5-8H2,1-4H3. The average molecular weight is 170 g/mol. The molecule has 1 rings (SSSR count). The zero-order valence-corrected chi connectivity index (χ0v) is 8.88. The Morgan fingerprint density at radius 3 is 2.42 bits per heavy atom. The minimum atomic E-state index is 0.797. The molecule has 1 aliphatic rings. The predicted molar refractivity (Wildman–Crippen MR) is 53.4 cm³/mol. The Hall–Kier alpha value is -0.0800. The van der Waals surface area contributed by atoms with Crippen LogP contribution >= 0.6 is 0 Å². The number of nitrogens with zero attached hydrogens (tertiary/aromatic N) is 2. The van der Waals surface area contributed by atoms with Crippen molar-refractivity contribution in [3.8, 4) is 0 Å². The number of hydrogen-bond acceptors (Lipinski definition) is 2. The van der Waals surface area contributed by atoms with Crippen LogP contribution in [0.2, 0.25) is 0 Å². The van der Waals surface area contributed by atoms with Crippen molar-refractivity contribution >= 4 is 0 Å². The summed E-state index contributed by atoms with van der Waals surface area (Å²) in [6.07, 6.45) is 0. The lowest BCUT2D eigenvalue weighted by Crippen LogP contribution is -2.58. The van der Waals surface area contributed by atoms with Crippen molar-refractivity contribution in [3.63, 3.8) is 0 Å². The third-order valence-electron chi connectivity index (χ3n) is 2.66. The van der Waals surface area contributed by atoms with Crippen molar-refractivity contribution in [2.24, 2.45) is 5.92 Å². The Balaban J connectivity index is 2.14. The fraction of sp³-hybridized carbons (Fsp3) is 1.00. The molecule has 0 radical (unpaired) electrons. The Labute approximate surface area is 76.5 Å². The molecule has 0 saturated carbocycles. The van der Waals surface area contributed by atoms with Crippen LogP contribution in [0.5, 0.6) is 0 Å². The number of rotatable bonds is 4. The van der Waals surface area contributed by atoms with Gasteiger partial charge >= 0.3 is 0 Å². The maximum atomic E-state index is 2.50. The summed E-state index contributed by atoms with van der Waals surface area (Å²) in [4.78, 5) is 4.98. The van der Waals surface area contributed by atoms with Gasteiger partial charge in [-0.1, -0.05) is 20.8 Å². The second-order valence-electron chi connectivity index (χ2n) is 4.34. The maximum Gasteiger partial charge on any atom is 0.0347 e. The predicted octanol–water partition coefficient (Wildman–Crippen LogP) is 1.28. The summed E-state index contributed by atoms with van der Waals surface area (Å²) in [5, 5.41) is 0. The minimum Gasteiger partial charge on any atom is -0.301 e. The molecule has 2 nitrogen and oxygen atoms in total. The van der Waals surface area contributed by atoms with Gasteiger partial charge < -0.3 is 9.80 Å². The molecule has 0 N–H and O–H groups in total. The van der Waals surface area contributed by atoms with Crippen molar-refractivity contribution < 1.29 is 0 Å². The molecule has 1 heterocycles. The third-order valence-corrected chi connectivity index (χ3v) is 2.66. The monoisotopic (exact) mass is 170 g/mol. The molecule has 12 heavy (non-hydrogen) atoms. The summed E-state index contributed by atoms with van der Waals surface area (Å²) in [7, 11) is 2.25. The smallest absolute Gasteiger partial charge is 0.0347 e. The number of hydrogen-bond donors (Lipinski definition) is 0. The van der Waals surface area contributed by atoms with Gasteiger partial charge in [-0.25, -0.2) is 0 Å². The first kappa shape index (κ1) is 10.0. The molecule has 2 heteroatoms. The molecule has 0 atom stereocenters. The van der Waals surface area contributed by atoms with Gasteiger partial charge in [0.2, 0.25) is 0 Å². The van der Waals surface area contributed by atoms with Crippen LogP contribution in [-0.2, 0) is 0 Å². The lowest BCUT2D eigenvalue weighted by atomic mass is 10.1. The molecule has 0 aromatic carbocycles. The molecular weight excluding hydrogens is 148 g/mol. The van der Waals surface area contributed by atoms with E-state index in [0.717, 1.165) is 12.0 Å². The van der Waals surface area contributed by atoms with Gasteiger partial charge in [-0.15, -0.1) is 0 Å². The van der Waals surface area contributed by atoms with Crippen LogP contribution in [0.15, 0.2) is 0 Å². The fourth-order valence-electron chi connectivity index (χ4n) is 1.80. The average Bonchev–Trinajstić information content (AvgIpc) is 1.82. The van der Waals surface area contributed by atoms with E-state index in [4.69, 9.17) is 0 Å². The normalized spacial score (nSPS) is 20.5. The molecule has 0 aromatic rings. The van der Waals surface area contributed by atoms with Gasteiger partial charge in [-0.05, 0) is 19.5 Å². The molecule has 1 saturated heterocycles. The van der Waals surface area contributed by atoms with Crippen LogP contribution < -0.4 is 0 Å². The van der Waals surface area contributed by atoms with E-state index in [1.807, 2.05) is 0 Å². The molecule has 0 amide bonds. The van der Waals surface area contributed by atoms with E-state index in [1.54, 1.807) is 0 Å². The summed E-state index contributed by atoms with van der Waals surface area (Å²) in [5.74, 6) is 0.797. The molecule has 0 aromatic heterocycles. The topological polar surface area (TPSA) is 6.48 Å². The second kappa shape index (κ2) is 4.24. The SMILES string of the molecule is CCN1CC(N(C)CC(C)C)C1. The number of likely N-dealkylation sites (N-methyl/N-ethyl adjacent to an activating group) is 2. The second-order valence-corrected chi connectivity index (χ2v) is 4.34. The van der Waals surface area contributed by atoms with E-state index >= 15 is 0 Å². The first-order valence-electron chi connectivity index (χ1n) is 5.06. The van der Waals surface area contributed by atoms with Crippen molar-refractivity contribution in [2.45, 2.75) is 26.8 Å².